The van der Waals surface area contributed by atoms with E-state index in [4.69, 9.17) is 0 Å². The summed E-state index contributed by atoms with van der Waals surface area (Å²) in [6.07, 6.45) is 5.10. The van der Waals surface area contributed by atoms with Gasteiger partial charge in [0, 0.05) is 18.7 Å². The van der Waals surface area contributed by atoms with Gasteiger partial charge < -0.3 is 5.32 Å². The molecule has 2 heterocycles. The summed E-state index contributed by atoms with van der Waals surface area (Å²) >= 11 is 0. The van der Waals surface area contributed by atoms with E-state index in [0.29, 0.717) is 5.92 Å². The highest BCUT2D eigenvalue weighted by atomic mass is 19.1. The lowest BCUT2D eigenvalue weighted by Gasteiger charge is -2.03. The van der Waals surface area contributed by atoms with Crippen LogP contribution in [0.25, 0.3) is 5.69 Å². The Morgan fingerprint density at radius 3 is 2.82 bits per heavy atom. The quantitative estimate of drug-likeness (QED) is 0.857. The van der Waals surface area contributed by atoms with Gasteiger partial charge in [0.1, 0.15) is 5.82 Å². The van der Waals surface area contributed by atoms with E-state index in [9.17, 15) is 4.39 Å². The maximum Gasteiger partial charge on any atom is 0.123 e. The molecule has 1 N–H and O–H groups in total. The van der Waals surface area contributed by atoms with Crippen molar-refractivity contribution in [2.24, 2.45) is 0 Å². The SMILES string of the molecule is Fc1ccc(-n2cc(C3CCNC3)cn2)cc1. The molecular formula is C13H14FN3. The van der Waals surface area contributed by atoms with Gasteiger partial charge >= 0.3 is 0 Å². The molecule has 0 spiro atoms. The smallest absolute Gasteiger partial charge is 0.123 e. The molecule has 2 aromatic rings. The second kappa shape index (κ2) is 4.30. The van der Waals surface area contributed by atoms with Crippen LogP contribution in [0.1, 0.15) is 17.9 Å². The largest absolute Gasteiger partial charge is 0.316 e. The molecule has 1 unspecified atom stereocenters. The van der Waals surface area contributed by atoms with Crippen molar-refractivity contribution in [3.05, 3.63) is 48.0 Å². The van der Waals surface area contributed by atoms with E-state index in [1.54, 1.807) is 16.8 Å². The average Bonchev–Trinajstić information content (AvgIpc) is 3.00. The lowest BCUT2D eigenvalue weighted by molar-refractivity contribution is 0.627. The fourth-order valence-electron chi connectivity index (χ4n) is 2.22. The van der Waals surface area contributed by atoms with E-state index in [0.717, 1.165) is 25.2 Å². The van der Waals surface area contributed by atoms with E-state index in [-0.39, 0.29) is 5.82 Å². The molecule has 0 radical (unpaired) electrons. The molecule has 88 valence electrons. The Morgan fingerprint density at radius 2 is 2.12 bits per heavy atom. The van der Waals surface area contributed by atoms with Crippen molar-refractivity contribution in [2.75, 3.05) is 13.1 Å². The summed E-state index contributed by atoms with van der Waals surface area (Å²) in [6, 6.07) is 6.37. The third-order valence-electron chi connectivity index (χ3n) is 3.23. The van der Waals surface area contributed by atoms with Gasteiger partial charge in [-0.3, -0.25) is 0 Å². The molecule has 1 aliphatic heterocycles. The van der Waals surface area contributed by atoms with Crippen molar-refractivity contribution < 1.29 is 4.39 Å². The first-order valence-electron chi connectivity index (χ1n) is 5.84. The number of benzene rings is 1. The van der Waals surface area contributed by atoms with Gasteiger partial charge in [-0.15, -0.1) is 0 Å². The molecule has 1 aromatic carbocycles. The summed E-state index contributed by atoms with van der Waals surface area (Å²) in [5.41, 5.74) is 2.14. The molecule has 0 amide bonds. The van der Waals surface area contributed by atoms with Gasteiger partial charge in [0.15, 0.2) is 0 Å². The molecule has 1 fully saturated rings. The Kier molecular flexibility index (Phi) is 2.65. The highest BCUT2D eigenvalue weighted by molar-refractivity contribution is 5.32. The third kappa shape index (κ3) is 2.08. The van der Waals surface area contributed by atoms with Crippen LogP contribution in [0.2, 0.25) is 0 Å². The van der Waals surface area contributed by atoms with E-state index >= 15 is 0 Å². The van der Waals surface area contributed by atoms with Gasteiger partial charge in [-0.05, 0) is 42.8 Å². The molecule has 0 aliphatic carbocycles. The molecule has 4 heteroatoms. The van der Waals surface area contributed by atoms with Crippen molar-refractivity contribution >= 4 is 0 Å². The highest BCUT2D eigenvalue weighted by Crippen LogP contribution is 2.22. The number of rotatable bonds is 2. The Balaban J connectivity index is 1.86. The Hall–Kier alpha value is -1.68. The van der Waals surface area contributed by atoms with Crippen LogP contribution in [0.3, 0.4) is 0 Å². The van der Waals surface area contributed by atoms with Crippen molar-refractivity contribution in [1.82, 2.24) is 15.1 Å². The van der Waals surface area contributed by atoms with Crippen LogP contribution in [0, 0.1) is 5.82 Å². The second-order valence-corrected chi connectivity index (χ2v) is 4.38. The van der Waals surface area contributed by atoms with Gasteiger partial charge in [-0.25, -0.2) is 9.07 Å². The molecule has 3 rings (SSSR count). The molecule has 0 saturated carbocycles. The molecule has 0 bridgehead atoms. The second-order valence-electron chi connectivity index (χ2n) is 4.38. The van der Waals surface area contributed by atoms with Crippen LogP contribution < -0.4 is 5.32 Å². The zero-order chi connectivity index (χ0) is 11.7. The summed E-state index contributed by atoms with van der Waals surface area (Å²) in [7, 11) is 0. The summed E-state index contributed by atoms with van der Waals surface area (Å²) < 4.78 is 14.6. The van der Waals surface area contributed by atoms with Crippen LogP contribution in [-0.2, 0) is 0 Å². The molecule has 1 aliphatic rings. The first kappa shape index (κ1) is 10.5. The molecule has 17 heavy (non-hydrogen) atoms. The lowest BCUT2D eigenvalue weighted by Crippen LogP contribution is -2.07. The van der Waals surface area contributed by atoms with E-state index in [1.165, 1.54) is 17.7 Å². The van der Waals surface area contributed by atoms with E-state index in [1.807, 2.05) is 12.4 Å². The van der Waals surface area contributed by atoms with Crippen LogP contribution >= 0.6 is 0 Å². The van der Waals surface area contributed by atoms with Crippen LogP contribution in [0.15, 0.2) is 36.7 Å². The molecule has 1 saturated heterocycles. The Morgan fingerprint density at radius 1 is 1.29 bits per heavy atom. The van der Waals surface area contributed by atoms with Crippen molar-refractivity contribution in [2.45, 2.75) is 12.3 Å². The molecule has 1 atom stereocenters. The predicted molar refractivity (Wildman–Crippen MR) is 63.7 cm³/mol. The number of aromatic nitrogens is 2. The van der Waals surface area contributed by atoms with Gasteiger partial charge in [0.25, 0.3) is 0 Å². The maximum absolute atomic E-state index is 12.8. The van der Waals surface area contributed by atoms with E-state index < -0.39 is 0 Å². The minimum atomic E-state index is -0.221. The van der Waals surface area contributed by atoms with Gasteiger partial charge in [-0.1, -0.05) is 0 Å². The first-order valence-corrected chi connectivity index (χ1v) is 5.84. The minimum absolute atomic E-state index is 0.221. The monoisotopic (exact) mass is 231 g/mol. The highest BCUT2D eigenvalue weighted by Gasteiger charge is 2.18. The van der Waals surface area contributed by atoms with Gasteiger partial charge in [0.05, 0.1) is 11.9 Å². The maximum atomic E-state index is 12.8. The number of hydrogen-bond donors (Lipinski definition) is 1. The Bertz CT molecular complexity index is 498. The number of nitrogens with one attached hydrogen (secondary N) is 1. The zero-order valence-electron chi connectivity index (χ0n) is 9.44. The number of halogens is 1. The van der Waals surface area contributed by atoms with Crippen molar-refractivity contribution in [1.29, 1.82) is 0 Å². The fourth-order valence-corrected chi connectivity index (χ4v) is 2.22. The summed E-state index contributed by atoms with van der Waals surface area (Å²) in [6.45, 7) is 2.10. The first-order chi connectivity index (χ1) is 8.33. The summed E-state index contributed by atoms with van der Waals surface area (Å²) in [5.74, 6) is 0.338. The molecule has 3 nitrogen and oxygen atoms in total. The minimum Gasteiger partial charge on any atom is -0.316 e. The van der Waals surface area contributed by atoms with E-state index in [2.05, 4.69) is 10.4 Å². The van der Waals surface area contributed by atoms with Crippen LogP contribution in [0.4, 0.5) is 4.39 Å². The average molecular weight is 231 g/mol. The topological polar surface area (TPSA) is 29.9 Å². The summed E-state index contributed by atoms with van der Waals surface area (Å²) in [5, 5.41) is 7.67. The molecule has 1 aromatic heterocycles. The normalized spacial score (nSPS) is 19.7. The standard InChI is InChI=1S/C13H14FN3/c14-12-1-3-13(4-2-12)17-9-11(8-16-17)10-5-6-15-7-10/h1-4,8-10,15H,5-7H2. The summed E-state index contributed by atoms with van der Waals surface area (Å²) in [4.78, 5) is 0. The number of hydrogen-bond acceptors (Lipinski definition) is 2. The number of nitrogens with zero attached hydrogens (tertiary/aromatic N) is 2. The zero-order valence-corrected chi connectivity index (χ0v) is 9.44. The van der Waals surface area contributed by atoms with Crippen molar-refractivity contribution in [3.63, 3.8) is 0 Å². The van der Waals surface area contributed by atoms with Crippen LogP contribution in [0.5, 0.6) is 0 Å². The fraction of sp³-hybridized carbons (Fsp3) is 0.308. The van der Waals surface area contributed by atoms with Crippen molar-refractivity contribution in [3.8, 4) is 5.69 Å². The predicted octanol–water partition coefficient (Wildman–Crippen LogP) is 2.09. The van der Waals surface area contributed by atoms with Crippen LogP contribution in [-0.4, -0.2) is 22.9 Å². The third-order valence-corrected chi connectivity index (χ3v) is 3.23. The van der Waals surface area contributed by atoms with Gasteiger partial charge in [-0.2, -0.15) is 5.10 Å². The lowest BCUT2D eigenvalue weighted by atomic mass is 10.0. The Labute approximate surface area is 99.3 Å². The van der Waals surface area contributed by atoms with Gasteiger partial charge in [0.2, 0.25) is 0 Å². The molecular weight excluding hydrogens is 217 g/mol.